The van der Waals surface area contributed by atoms with Crippen molar-refractivity contribution < 1.29 is 19.0 Å². The van der Waals surface area contributed by atoms with Gasteiger partial charge < -0.3 is 14.2 Å². The second-order valence-corrected chi connectivity index (χ2v) is 5.91. The molecule has 1 aliphatic heterocycles. The number of benzene rings is 2. The van der Waals surface area contributed by atoms with Crippen LogP contribution < -0.4 is 9.47 Å². The molecule has 0 saturated carbocycles. The molecule has 130 valence electrons. The van der Waals surface area contributed by atoms with Crippen LogP contribution in [-0.4, -0.2) is 25.6 Å². The summed E-state index contributed by atoms with van der Waals surface area (Å²) in [6.45, 7) is 2.65. The lowest BCUT2D eigenvalue weighted by molar-refractivity contribution is -0.143. The van der Waals surface area contributed by atoms with Crippen molar-refractivity contribution in [1.82, 2.24) is 0 Å². The van der Waals surface area contributed by atoms with Crippen molar-refractivity contribution in [1.29, 1.82) is 0 Å². The van der Waals surface area contributed by atoms with Gasteiger partial charge in [0.2, 0.25) is 6.79 Å². The van der Waals surface area contributed by atoms with Gasteiger partial charge in [-0.15, -0.1) is 0 Å². The summed E-state index contributed by atoms with van der Waals surface area (Å²) < 4.78 is 15.7. The van der Waals surface area contributed by atoms with Crippen molar-refractivity contribution in [3.63, 3.8) is 0 Å². The molecule has 0 fully saturated rings. The molecule has 0 amide bonds. The van der Waals surface area contributed by atoms with Crippen molar-refractivity contribution in [2.45, 2.75) is 19.9 Å². The van der Waals surface area contributed by atoms with E-state index in [1.165, 1.54) is 7.11 Å². The standard InChI is InChI=1S/C20H21NO4/c1-14(21-12-15-6-4-3-5-7-15)17(20(22)23-2)10-16-8-9-18-19(11-16)25-13-24-18/h3-9,11,17H,10,12-13H2,1-2H3. The molecule has 0 N–H and O–H groups in total. The molecule has 0 radical (unpaired) electrons. The maximum absolute atomic E-state index is 12.2. The van der Waals surface area contributed by atoms with Crippen LogP contribution in [0.25, 0.3) is 0 Å². The zero-order valence-corrected chi connectivity index (χ0v) is 14.4. The number of carbonyl (C=O) groups excluding carboxylic acids is 1. The number of nitrogens with zero attached hydrogens (tertiary/aromatic N) is 1. The number of rotatable bonds is 6. The highest BCUT2D eigenvalue weighted by Gasteiger charge is 2.24. The quantitative estimate of drug-likeness (QED) is 0.598. The Labute approximate surface area is 147 Å². The van der Waals surface area contributed by atoms with Crippen molar-refractivity contribution in [2.75, 3.05) is 13.9 Å². The van der Waals surface area contributed by atoms with Crippen molar-refractivity contribution in [3.8, 4) is 11.5 Å². The number of carbonyl (C=O) groups is 1. The molecule has 2 aromatic carbocycles. The van der Waals surface area contributed by atoms with Crippen LogP contribution in [0.15, 0.2) is 53.5 Å². The van der Waals surface area contributed by atoms with E-state index >= 15 is 0 Å². The van der Waals surface area contributed by atoms with Crippen LogP contribution in [0.1, 0.15) is 18.1 Å². The molecular formula is C20H21NO4. The molecule has 0 aromatic heterocycles. The third-order valence-corrected chi connectivity index (χ3v) is 4.22. The summed E-state index contributed by atoms with van der Waals surface area (Å²) in [5, 5.41) is 0. The summed E-state index contributed by atoms with van der Waals surface area (Å²) >= 11 is 0. The number of methoxy groups -OCH3 is 1. The molecule has 5 heteroatoms. The van der Waals surface area contributed by atoms with Crippen LogP contribution in [0.4, 0.5) is 0 Å². The first kappa shape index (κ1) is 17.0. The van der Waals surface area contributed by atoms with Crippen molar-refractivity contribution >= 4 is 11.7 Å². The Balaban J connectivity index is 1.76. The van der Waals surface area contributed by atoms with Gasteiger partial charge in [0.1, 0.15) is 0 Å². The van der Waals surface area contributed by atoms with E-state index in [-0.39, 0.29) is 12.8 Å². The largest absolute Gasteiger partial charge is 0.469 e. The van der Waals surface area contributed by atoms with Gasteiger partial charge in [0.25, 0.3) is 0 Å². The van der Waals surface area contributed by atoms with E-state index in [2.05, 4.69) is 4.99 Å². The fourth-order valence-corrected chi connectivity index (χ4v) is 2.76. The number of esters is 1. The summed E-state index contributed by atoms with van der Waals surface area (Å²) in [5.74, 6) is 0.730. The minimum atomic E-state index is -0.422. The Hall–Kier alpha value is -2.82. The topological polar surface area (TPSA) is 57.1 Å². The van der Waals surface area contributed by atoms with Crippen molar-refractivity contribution in [2.24, 2.45) is 10.9 Å². The summed E-state index contributed by atoms with van der Waals surface area (Å²) in [7, 11) is 1.40. The van der Waals surface area contributed by atoms with Gasteiger partial charge in [-0.3, -0.25) is 9.79 Å². The van der Waals surface area contributed by atoms with Crippen LogP contribution in [0, 0.1) is 5.92 Å². The monoisotopic (exact) mass is 339 g/mol. The second kappa shape index (κ2) is 7.83. The number of aliphatic imine (C=N–C) groups is 1. The lowest BCUT2D eigenvalue weighted by Gasteiger charge is -2.15. The first-order chi connectivity index (χ1) is 12.2. The number of hydrogen-bond acceptors (Lipinski definition) is 5. The van der Waals surface area contributed by atoms with E-state index in [9.17, 15) is 4.79 Å². The van der Waals surface area contributed by atoms with Crippen LogP contribution >= 0.6 is 0 Å². The SMILES string of the molecule is COC(=O)C(Cc1ccc2c(c1)OCO2)C(C)=NCc1ccccc1. The minimum Gasteiger partial charge on any atom is -0.469 e. The van der Waals surface area contributed by atoms with Crippen LogP contribution in [0.3, 0.4) is 0 Å². The maximum Gasteiger partial charge on any atom is 0.314 e. The fraction of sp³-hybridized carbons (Fsp3) is 0.300. The van der Waals surface area contributed by atoms with Gasteiger partial charge in [-0.2, -0.15) is 0 Å². The highest BCUT2D eigenvalue weighted by atomic mass is 16.7. The molecule has 25 heavy (non-hydrogen) atoms. The Morgan fingerprint density at radius 3 is 2.64 bits per heavy atom. The van der Waals surface area contributed by atoms with Crippen LogP contribution in [-0.2, 0) is 22.5 Å². The fourth-order valence-electron chi connectivity index (χ4n) is 2.76. The summed E-state index contributed by atoms with van der Waals surface area (Å²) in [6, 6.07) is 15.7. The smallest absolute Gasteiger partial charge is 0.314 e. The lowest BCUT2D eigenvalue weighted by atomic mass is 9.95. The highest BCUT2D eigenvalue weighted by molar-refractivity contribution is 6.01. The summed E-state index contributed by atoms with van der Waals surface area (Å²) in [4.78, 5) is 16.8. The first-order valence-electron chi connectivity index (χ1n) is 8.18. The van der Waals surface area contributed by atoms with E-state index < -0.39 is 5.92 Å². The minimum absolute atomic E-state index is 0.233. The van der Waals surface area contributed by atoms with Gasteiger partial charge in [0, 0.05) is 5.71 Å². The molecule has 3 rings (SSSR count). The predicted octanol–water partition coefficient (Wildman–Crippen LogP) is 3.41. The average Bonchev–Trinajstić information content (AvgIpc) is 3.12. The first-order valence-corrected chi connectivity index (χ1v) is 8.18. The predicted molar refractivity (Wildman–Crippen MR) is 95.0 cm³/mol. The Kier molecular flexibility index (Phi) is 5.33. The molecule has 2 aromatic rings. The maximum atomic E-state index is 12.2. The van der Waals surface area contributed by atoms with Gasteiger partial charge >= 0.3 is 5.97 Å². The average molecular weight is 339 g/mol. The third kappa shape index (κ3) is 4.18. The zero-order valence-electron chi connectivity index (χ0n) is 14.4. The molecule has 0 aliphatic carbocycles. The molecule has 0 bridgehead atoms. The third-order valence-electron chi connectivity index (χ3n) is 4.22. The van der Waals surface area contributed by atoms with Gasteiger partial charge in [0.15, 0.2) is 11.5 Å². The van der Waals surface area contributed by atoms with Gasteiger partial charge in [0.05, 0.1) is 19.6 Å². The van der Waals surface area contributed by atoms with Crippen LogP contribution in [0.5, 0.6) is 11.5 Å². The Morgan fingerprint density at radius 1 is 1.12 bits per heavy atom. The molecule has 1 aliphatic rings. The second-order valence-electron chi connectivity index (χ2n) is 5.91. The molecule has 1 heterocycles. The van der Waals surface area contributed by atoms with Gasteiger partial charge in [-0.25, -0.2) is 0 Å². The highest BCUT2D eigenvalue weighted by Crippen LogP contribution is 2.33. The molecule has 0 saturated heterocycles. The molecule has 1 atom stereocenters. The van der Waals surface area contributed by atoms with Crippen LogP contribution in [0.2, 0.25) is 0 Å². The Bertz CT molecular complexity index is 771. The van der Waals surface area contributed by atoms with E-state index in [0.717, 1.165) is 22.6 Å². The summed E-state index contributed by atoms with van der Waals surface area (Å²) in [5.41, 5.74) is 2.84. The van der Waals surface area contributed by atoms with E-state index in [1.54, 1.807) is 0 Å². The van der Waals surface area contributed by atoms with Gasteiger partial charge in [-0.05, 0) is 36.6 Å². The molecule has 0 spiro atoms. The number of hydrogen-bond donors (Lipinski definition) is 0. The number of fused-ring (bicyclic) bond motifs is 1. The normalized spacial score (nSPS) is 14.2. The van der Waals surface area contributed by atoms with Gasteiger partial charge in [-0.1, -0.05) is 36.4 Å². The summed E-state index contributed by atoms with van der Waals surface area (Å²) in [6.07, 6.45) is 0.507. The molecule has 1 unspecified atom stereocenters. The van der Waals surface area contributed by atoms with E-state index in [0.29, 0.717) is 18.7 Å². The Morgan fingerprint density at radius 2 is 1.88 bits per heavy atom. The van der Waals surface area contributed by atoms with Crippen molar-refractivity contribution in [3.05, 3.63) is 59.7 Å². The van der Waals surface area contributed by atoms with E-state index in [1.807, 2.05) is 55.5 Å². The molecule has 5 nitrogen and oxygen atoms in total. The number of ether oxygens (including phenoxy) is 3. The zero-order chi connectivity index (χ0) is 17.6. The van der Waals surface area contributed by atoms with E-state index in [4.69, 9.17) is 14.2 Å². The lowest BCUT2D eigenvalue weighted by Crippen LogP contribution is -2.26. The molecular weight excluding hydrogens is 318 g/mol.